The van der Waals surface area contributed by atoms with E-state index >= 15 is 0 Å². The molecule has 0 bridgehead atoms. The van der Waals surface area contributed by atoms with Crippen molar-refractivity contribution in [2.45, 2.75) is 63.5 Å². The van der Waals surface area contributed by atoms with Crippen LogP contribution in [0.2, 0.25) is 0 Å². The van der Waals surface area contributed by atoms with Gasteiger partial charge in [0.1, 0.15) is 0 Å². The molecule has 1 saturated carbocycles. The van der Waals surface area contributed by atoms with E-state index in [1.807, 2.05) is 0 Å². The van der Waals surface area contributed by atoms with Crippen LogP contribution >= 0.6 is 0 Å². The molecule has 3 N–H and O–H groups in total. The molecule has 1 atom stereocenters. The highest BCUT2D eigenvalue weighted by Crippen LogP contribution is 2.40. The Kier molecular flexibility index (Phi) is 5.42. The molecule has 4 heteroatoms. The summed E-state index contributed by atoms with van der Waals surface area (Å²) in [7, 11) is 0. The SMILES string of the molecule is CCCOCC(NN)C1(N2CCCC2)CCCC1. The molecule has 2 fully saturated rings. The lowest BCUT2D eigenvalue weighted by atomic mass is 9.87. The highest BCUT2D eigenvalue weighted by atomic mass is 16.5. The third-order valence-electron chi connectivity index (χ3n) is 4.69. The van der Waals surface area contributed by atoms with Gasteiger partial charge in [-0.3, -0.25) is 16.2 Å². The van der Waals surface area contributed by atoms with Gasteiger partial charge in [0.05, 0.1) is 12.6 Å². The van der Waals surface area contributed by atoms with Crippen LogP contribution in [-0.4, -0.2) is 42.8 Å². The molecule has 1 heterocycles. The van der Waals surface area contributed by atoms with Crippen LogP contribution in [-0.2, 0) is 4.74 Å². The summed E-state index contributed by atoms with van der Waals surface area (Å²) in [6.45, 7) is 6.23. The minimum absolute atomic E-state index is 0.263. The summed E-state index contributed by atoms with van der Waals surface area (Å²) in [5.74, 6) is 5.83. The van der Waals surface area contributed by atoms with Crippen LogP contribution in [0.15, 0.2) is 0 Å². The highest BCUT2D eigenvalue weighted by Gasteiger charge is 2.46. The number of hydrazine groups is 1. The van der Waals surface area contributed by atoms with Gasteiger partial charge in [-0.25, -0.2) is 0 Å². The predicted molar refractivity (Wildman–Crippen MR) is 74.2 cm³/mol. The summed E-state index contributed by atoms with van der Waals surface area (Å²) >= 11 is 0. The third-order valence-corrected chi connectivity index (χ3v) is 4.69. The van der Waals surface area contributed by atoms with Gasteiger partial charge in [0.15, 0.2) is 0 Å². The average Bonchev–Trinajstić information content (AvgIpc) is 3.05. The Morgan fingerprint density at radius 1 is 1.22 bits per heavy atom. The molecule has 18 heavy (non-hydrogen) atoms. The van der Waals surface area contributed by atoms with E-state index in [1.54, 1.807) is 0 Å². The molecule has 0 amide bonds. The molecule has 2 aliphatic rings. The zero-order valence-corrected chi connectivity index (χ0v) is 11.8. The molecule has 0 aromatic carbocycles. The lowest BCUT2D eigenvalue weighted by Gasteiger charge is -2.44. The molecule has 0 aromatic rings. The summed E-state index contributed by atoms with van der Waals surface area (Å²) in [5.41, 5.74) is 3.32. The van der Waals surface area contributed by atoms with Crippen LogP contribution in [0.3, 0.4) is 0 Å². The number of nitrogens with two attached hydrogens (primary N) is 1. The fourth-order valence-electron chi connectivity index (χ4n) is 3.74. The van der Waals surface area contributed by atoms with Gasteiger partial charge in [0.25, 0.3) is 0 Å². The van der Waals surface area contributed by atoms with Crippen LogP contribution in [0.25, 0.3) is 0 Å². The smallest absolute Gasteiger partial charge is 0.0651 e. The minimum Gasteiger partial charge on any atom is -0.380 e. The Morgan fingerprint density at radius 3 is 2.44 bits per heavy atom. The number of nitrogens with one attached hydrogen (secondary N) is 1. The molecule has 1 aliphatic carbocycles. The largest absolute Gasteiger partial charge is 0.380 e. The van der Waals surface area contributed by atoms with E-state index < -0.39 is 0 Å². The summed E-state index contributed by atoms with van der Waals surface area (Å²) in [5, 5.41) is 0. The lowest BCUT2D eigenvalue weighted by molar-refractivity contribution is 0.0198. The maximum atomic E-state index is 5.83. The first-order valence-corrected chi connectivity index (χ1v) is 7.62. The van der Waals surface area contributed by atoms with Crippen molar-refractivity contribution in [3.8, 4) is 0 Å². The Bertz CT molecular complexity index is 235. The van der Waals surface area contributed by atoms with Crippen LogP contribution in [0.4, 0.5) is 0 Å². The molecule has 0 aromatic heterocycles. The molecule has 0 radical (unpaired) electrons. The second-order valence-electron chi connectivity index (χ2n) is 5.80. The quantitative estimate of drug-likeness (QED) is 0.413. The Balaban J connectivity index is 2.01. The normalized spacial score (nSPS) is 25.7. The molecule has 2 rings (SSSR count). The van der Waals surface area contributed by atoms with Crippen molar-refractivity contribution < 1.29 is 4.74 Å². The number of likely N-dealkylation sites (tertiary alicyclic amines) is 1. The Hall–Kier alpha value is -0.160. The first-order valence-electron chi connectivity index (χ1n) is 7.62. The topological polar surface area (TPSA) is 50.5 Å². The molecule has 0 spiro atoms. The van der Waals surface area contributed by atoms with Gasteiger partial charge < -0.3 is 4.74 Å². The molecule has 1 saturated heterocycles. The van der Waals surface area contributed by atoms with Crippen molar-refractivity contribution in [1.82, 2.24) is 10.3 Å². The van der Waals surface area contributed by atoms with Gasteiger partial charge in [-0.2, -0.15) is 0 Å². The molecule has 106 valence electrons. The first kappa shape index (κ1) is 14.3. The predicted octanol–water partition coefficient (Wildman–Crippen LogP) is 1.65. The van der Waals surface area contributed by atoms with E-state index in [4.69, 9.17) is 10.6 Å². The summed E-state index contributed by atoms with van der Waals surface area (Å²) in [4.78, 5) is 2.68. The van der Waals surface area contributed by atoms with Crippen LogP contribution in [0, 0.1) is 0 Å². The average molecular weight is 255 g/mol. The molecular weight excluding hydrogens is 226 g/mol. The van der Waals surface area contributed by atoms with Crippen molar-refractivity contribution in [3.63, 3.8) is 0 Å². The van der Waals surface area contributed by atoms with E-state index in [1.165, 1.54) is 51.6 Å². The second kappa shape index (κ2) is 6.85. The number of rotatable bonds is 7. The number of hydrogen-bond donors (Lipinski definition) is 2. The molecule has 1 aliphatic heterocycles. The van der Waals surface area contributed by atoms with Gasteiger partial charge >= 0.3 is 0 Å². The molecule has 1 unspecified atom stereocenters. The van der Waals surface area contributed by atoms with Crippen LogP contribution in [0.1, 0.15) is 51.9 Å². The van der Waals surface area contributed by atoms with Crippen LogP contribution < -0.4 is 11.3 Å². The maximum Gasteiger partial charge on any atom is 0.0651 e. The van der Waals surface area contributed by atoms with Crippen molar-refractivity contribution in [2.75, 3.05) is 26.3 Å². The Morgan fingerprint density at radius 2 is 1.89 bits per heavy atom. The third kappa shape index (κ3) is 2.87. The van der Waals surface area contributed by atoms with E-state index in [9.17, 15) is 0 Å². The fourth-order valence-corrected chi connectivity index (χ4v) is 3.74. The van der Waals surface area contributed by atoms with Crippen molar-refractivity contribution in [2.24, 2.45) is 5.84 Å². The van der Waals surface area contributed by atoms with Gasteiger partial charge in [0, 0.05) is 12.1 Å². The first-order chi connectivity index (χ1) is 8.83. The minimum atomic E-state index is 0.263. The molecular formula is C14H29N3O. The summed E-state index contributed by atoms with van der Waals surface area (Å²) in [6, 6.07) is 0.282. The van der Waals surface area contributed by atoms with E-state index in [-0.39, 0.29) is 11.6 Å². The highest BCUT2D eigenvalue weighted by molar-refractivity contribution is 5.04. The van der Waals surface area contributed by atoms with E-state index in [2.05, 4.69) is 17.2 Å². The van der Waals surface area contributed by atoms with Crippen molar-refractivity contribution in [1.29, 1.82) is 0 Å². The maximum absolute atomic E-state index is 5.83. The molecule has 4 nitrogen and oxygen atoms in total. The van der Waals surface area contributed by atoms with Crippen molar-refractivity contribution >= 4 is 0 Å². The summed E-state index contributed by atoms with van der Waals surface area (Å²) < 4.78 is 5.76. The van der Waals surface area contributed by atoms with Gasteiger partial charge in [0.2, 0.25) is 0 Å². The second-order valence-corrected chi connectivity index (χ2v) is 5.80. The lowest BCUT2D eigenvalue weighted by Crippen LogP contribution is -2.62. The zero-order valence-electron chi connectivity index (χ0n) is 11.8. The number of ether oxygens (including phenoxy) is 1. The standard InChI is InChI=1S/C14H29N3O/c1-2-11-18-12-13(16-15)14(7-3-4-8-14)17-9-5-6-10-17/h13,16H,2-12,15H2,1H3. The fraction of sp³-hybridized carbons (Fsp3) is 1.00. The van der Waals surface area contributed by atoms with Gasteiger partial charge in [-0.1, -0.05) is 19.8 Å². The van der Waals surface area contributed by atoms with Gasteiger partial charge in [-0.05, 0) is 45.2 Å². The van der Waals surface area contributed by atoms with Gasteiger partial charge in [-0.15, -0.1) is 0 Å². The Labute approximate surface area is 111 Å². The number of nitrogens with zero attached hydrogens (tertiary/aromatic N) is 1. The van der Waals surface area contributed by atoms with Crippen molar-refractivity contribution in [3.05, 3.63) is 0 Å². The van der Waals surface area contributed by atoms with E-state index in [0.717, 1.165) is 19.6 Å². The zero-order chi connectivity index (χ0) is 12.8. The number of hydrogen-bond acceptors (Lipinski definition) is 4. The monoisotopic (exact) mass is 255 g/mol. The van der Waals surface area contributed by atoms with Crippen LogP contribution in [0.5, 0.6) is 0 Å². The summed E-state index contributed by atoms with van der Waals surface area (Å²) in [6.07, 6.45) is 8.98. The van der Waals surface area contributed by atoms with E-state index in [0.29, 0.717) is 0 Å².